The molecule has 17 heavy (non-hydrogen) atoms. The van der Waals surface area contributed by atoms with Crippen LogP contribution in [-0.4, -0.2) is 15.1 Å². The zero-order valence-electron chi connectivity index (χ0n) is 9.30. The van der Waals surface area contributed by atoms with Crippen molar-refractivity contribution in [3.05, 3.63) is 35.5 Å². The van der Waals surface area contributed by atoms with Crippen molar-refractivity contribution < 1.29 is 13.9 Å². The lowest BCUT2D eigenvalue weighted by Gasteiger charge is -1.97. The molecule has 0 aliphatic heterocycles. The van der Waals surface area contributed by atoms with Crippen molar-refractivity contribution >= 4 is 0 Å². The monoisotopic (exact) mass is 238 g/mol. The fraction of sp³-hybridized carbons (Fsp3) is 0.250. The third-order valence-electron chi connectivity index (χ3n) is 2.39. The van der Waals surface area contributed by atoms with Crippen LogP contribution >= 0.6 is 0 Å². The first kappa shape index (κ1) is 11.6. The highest BCUT2D eigenvalue weighted by atomic mass is 19.1. The van der Waals surface area contributed by atoms with E-state index >= 15 is 0 Å². The van der Waals surface area contributed by atoms with Crippen molar-refractivity contribution in [1.82, 2.24) is 9.97 Å². The first-order chi connectivity index (χ1) is 8.10. The standard InChI is InChI=1S/C12H12F2N2O/c1-2-3-10-12(17)16-11(15-10)7-4-8(13)6-9(14)5-7/h4-6,17H,2-3H2,1H3,(H,15,16). The minimum Gasteiger partial charge on any atom is -0.492 e. The molecule has 2 N–H and O–H groups in total. The Hall–Kier alpha value is -1.91. The van der Waals surface area contributed by atoms with E-state index in [2.05, 4.69) is 9.97 Å². The van der Waals surface area contributed by atoms with Crippen LogP contribution in [0.15, 0.2) is 18.2 Å². The van der Waals surface area contributed by atoms with Crippen LogP contribution in [0.25, 0.3) is 11.4 Å². The summed E-state index contributed by atoms with van der Waals surface area (Å²) in [7, 11) is 0. The number of hydrogen-bond donors (Lipinski definition) is 2. The Labute approximate surface area is 97.1 Å². The topological polar surface area (TPSA) is 48.9 Å². The van der Waals surface area contributed by atoms with Gasteiger partial charge in [0.2, 0.25) is 5.88 Å². The van der Waals surface area contributed by atoms with E-state index in [0.29, 0.717) is 12.1 Å². The number of hydrogen-bond acceptors (Lipinski definition) is 2. The summed E-state index contributed by atoms with van der Waals surface area (Å²) in [6, 6.07) is 3.12. The Morgan fingerprint density at radius 3 is 2.47 bits per heavy atom. The normalized spacial score (nSPS) is 10.8. The average molecular weight is 238 g/mol. The van der Waals surface area contributed by atoms with Gasteiger partial charge in [0.25, 0.3) is 0 Å². The molecule has 0 aliphatic carbocycles. The van der Waals surface area contributed by atoms with Crippen molar-refractivity contribution in [2.75, 3.05) is 0 Å². The summed E-state index contributed by atoms with van der Waals surface area (Å²) in [4.78, 5) is 6.71. The molecule has 1 aromatic carbocycles. The number of aryl methyl sites for hydroxylation is 1. The largest absolute Gasteiger partial charge is 0.492 e. The van der Waals surface area contributed by atoms with Gasteiger partial charge in [0, 0.05) is 11.6 Å². The van der Waals surface area contributed by atoms with E-state index in [1.807, 2.05) is 6.92 Å². The highest BCUT2D eigenvalue weighted by Gasteiger charge is 2.11. The summed E-state index contributed by atoms with van der Waals surface area (Å²) < 4.78 is 26.0. The van der Waals surface area contributed by atoms with E-state index in [0.717, 1.165) is 24.6 Å². The number of imidazole rings is 1. The van der Waals surface area contributed by atoms with E-state index in [1.165, 1.54) is 0 Å². The van der Waals surface area contributed by atoms with Gasteiger partial charge in [-0.15, -0.1) is 0 Å². The summed E-state index contributed by atoms with van der Waals surface area (Å²) in [5, 5.41) is 9.53. The molecule has 5 heteroatoms. The molecule has 1 aromatic heterocycles. The second-order valence-corrected chi connectivity index (χ2v) is 3.80. The lowest BCUT2D eigenvalue weighted by Crippen LogP contribution is -1.87. The molecule has 3 nitrogen and oxygen atoms in total. The summed E-state index contributed by atoms with van der Waals surface area (Å²) in [5.41, 5.74) is 0.854. The van der Waals surface area contributed by atoms with E-state index in [1.54, 1.807) is 0 Å². The van der Waals surface area contributed by atoms with Crippen LogP contribution in [0.3, 0.4) is 0 Å². The van der Waals surface area contributed by atoms with Crippen molar-refractivity contribution in [2.24, 2.45) is 0 Å². The van der Waals surface area contributed by atoms with Crippen molar-refractivity contribution in [3.63, 3.8) is 0 Å². The third kappa shape index (κ3) is 2.43. The molecule has 0 amide bonds. The summed E-state index contributed by atoms with van der Waals surface area (Å²) in [6.45, 7) is 1.96. The molecule has 0 radical (unpaired) electrons. The Bertz CT molecular complexity index is 517. The molecule has 0 atom stereocenters. The van der Waals surface area contributed by atoms with Gasteiger partial charge in [0.15, 0.2) is 0 Å². The molecular formula is C12H12F2N2O. The fourth-order valence-electron chi connectivity index (χ4n) is 1.65. The van der Waals surface area contributed by atoms with Crippen molar-refractivity contribution in [2.45, 2.75) is 19.8 Å². The van der Waals surface area contributed by atoms with Gasteiger partial charge in [-0.3, -0.25) is 0 Å². The number of rotatable bonds is 3. The molecule has 0 fully saturated rings. The molecule has 0 saturated carbocycles. The van der Waals surface area contributed by atoms with Gasteiger partial charge < -0.3 is 10.1 Å². The summed E-state index contributed by atoms with van der Waals surface area (Å²) in [6.07, 6.45) is 1.48. The number of H-pyrrole nitrogens is 1. The van der Waals surface area contributed by atoms with Crippen LogP contribution < -0.4 is 0 Å². The minimum atomic E-state index is -0.673. The van der Waals surface area contributed by atoms with Crippen molar-refractivity contribution in [1.29, 1.82) is 0 Å². The third-order valence-corrected chi connectivity index (χ3v) is 2.39. The maximum Gasteiger partial charge on any atom is 0.232 e. The molecule has 1 heterocycles. The Kier molecular flexibility index (Phi) is 3.08. The summed E-state index contributed by atoms with van der Waals surface area (Å²) in [5.74, 6) is -1.20. The van der Waals surface area contributed by atoms with Gasteiger partial charge in [0.05, 0.1) is 5.69 Å². The molecule has 0 saturated heterocycles. The van der Waals surface area contributed by atoms with Crippen LogP contribution in [0, 0.1) is 11.6 Å². The maximum absolute atomic E-state index is 13.0. The Morgan fingerprint density at radius 1 is 1.24 bits per heavy atom. The average Bonchev–Trinajstić information content (AvgIpc) is 2.60. The molecular weight excluding hydrogens is 226 g/mol. The Balaban J connectivity index is 2.42. The zero-order valence-corrected chi connectivity index (χ0v) is 9.30. The highest BCUT2D eigenvalue weighted by Crippen LogP contribution is 2.24. The number of aromatic amines is 1. The van der Waals surface area contributed by atoms with E-state index in [-0.39, 0.29) is 17.3 Å². The predicted molar refractivity (Wildman–Crippen MR) is 59.6 cm³/mol. The second kappa shape index (κ2) is 4.53. The number of aromatic nitrogens is 2. The first-order valence-electron chi connectivity index (χ1n) is 5.34. The highest BCUT2D eigenvalue weighted by molar-refractivity contribution is 5.56. The second-order valence-electron chi connectivity index (χ2n) is 3.80. The SMILES string of the molecule is CCCc1[nH]c(-c2cc(F)cc(F)c2)nc1O. The van der Waals surface area contributed by atoms with Crippen LogP contribution in [-0.2, 0) is 6.42 Å². The lowest BCUT2D eigenvalue weighted by atomic mass is 10.2. The van der Waals surface area contributed by atoms with Gasteiger partial charge >= 0.3 is 0 Å². The smallest absolute Gasteiger partial charge is 0.232 e. The molecule has 2 aromatic rings. The predicted octanol–water partition coefficient (Wildman–Crippen LogP) is 3.01. The number of aromatic hydroxyl groups is 1. The van der Waals surface area contributed by atoms with Crippen LogP contribution in [0.4, 0.5) is 8.78 Å². The van der Waals surface area contributed by atoms with Crippen LogP contribution in [0.1, 0.15) is 19.0 Å². The molecule has 0 spiro atoms. The molecule has 0 aliphatic rings. The van der Waals surface area contributed by atoms with E-state index in [9.17, 15) is 13.9 Å². The minimum absolute atomic E-state index is 0.119. The van der Waals surface area contributed by atoms with Crippen molar-refractivity contribution in [3.8, 4) is 17.3 Å². The number of nitrogens with one attached hydrogen (secondary N) is 1. The van der Waals surface area contributed by atoms with Crippen LogP contribution in [0.5, 0.6) is 5.88 Å². The number of benzene rings is 1. The number of nitrogens with zero attached hydrogens (tertiary/aromatic N) is 1. The van der Waals surface area contributed by atoms with E-state index in [4.69, 9.17) is 0 Å². The van der Waals surface area contributed by atoms with E-state index < -0.39 is 11.6 Å². The molecule has 2 rings (SSSR count). The zero-order chi connectivity index (χ0) is 12.4. The van der Waals surface area contributed by atoms with Gasteiger partial charge in [-0.25, -0.2) is 8.78 Å². The molecule has 90 valence electrons. The maximum atomic E-state index is 13.0. The van der Waals surface area contributed by atoms with Gasteiger partial charge in [0.1, 0.15) is 17.5 Å². The van der Waals surface area contributed by atoms with Gasteiger partial charge in [-0.05, 0) is 18.6 Å². The summed E-state index contributed by atoms with van der Waals surface area (Å²) >= 11 is 0. The number of halogens is 2. The molecule has 0 unspecified atom stereocenters. The van der Waals surface area contributed by atoms with Gasteiger partial charge in [-0.1, -0.05) is 13.3 Å². The first-order valence-corrected chi connectivity index (χ1v) is 5.34. The molecule has 0 bridgehead atoms. The van der Waals surface area contributed by atoms with Crippen LogP contribution in [0.2, 0.25) is 0 Å². The fourth-order valence-corrected chi connectivity index (χ4v) is 1.65. The lowest BCUT2D eigenvalue weighted by molar-refractivity contribution is 0.449. The Morgan fingerprint density at radius 2 is 1.88 bits per heavy atom. The van der Waals surface area contributed by atoms with Gasteiger partial charge in [-0.2, -0.15) is 4.98 Å². The quantitative estimate of drug-likeness (QED) is 0.863.